The topological polar surface area (TPSA) is 82.7 Å². The Kier molecular flexibility index (Phi) is 15.8. The van der Waals surface area contributed by atoms with Gasteiger partial charge in [-0.1, -0.05) is 66.7 Å². The normalized spacial score (nSPS) is 12.8. The van der Waals surface area contributed by atoms with Crippen molar-refractivity contribution in [3.8, 4) is 0 Å². The van der Waals surface area contributed by atoms with Gasteiger partial charge in [0.25, 0.3) is 0 Å². The molecule has 241 valence electrons. The quantitative estimate of drug-likeness (QED) is 0.0292. The second kappa shape index (κ2) is 19.5. The van der Waals surface area contributed by atoms with E-state index in [2.05, 4.69) is 122 Å². The first-order valence-electron chi connectivity index (χ1n) is 14.3. The number of nitrogens with one attached hydrogen (secondary N) is 2. The third-order valence-corrected chi connectivity index (χ3v) is 12.2. The minimum absolute atomic E-state index is 0. The van der Waals surface area contributed by atoms with Crippen LogP contribution < -0.4 is 26.5 Å². The fourth-order valence-electron chi connectivity index (χ4n) is 4.59. The van der Waals surface area contributed by atoms with Crippen molar-refractivity contribution in [2.75, 3.05) is 32.8 Å². The molecule has 7 nitrogen and oxygen atoms in total. The van der Waals surface area contributed by atoms with Crippen LogP contribution in [0.2, 0.25) is 0 Å². The molecule has 0 aliphatic heterocycles. The smallest absolute Gasteiger partial charge is 0.741 e. The Hall–Kier alpha value is -3.14. The maximum absolute atomic E-state index is 6.42. The number of benzene rings is 4. The van der Waals surface area contributed by atoms with Crippen molar-refractivity contribution in [1.82, 2.24) is 10.6 Å². The number of hydrogen-bond acceptors (Lipinski definition) is 8. The van der Waals surface area contributed by atoms with E-state index in [4.69, 9.17) is 30.0 Å². The van der Waals surface area contributed by atoms with Crippen LogP contribution in [0, 0.1) is 0 Å². The molecule has 0 saturated heterocycles. The molecule has 0 unspecified atom stereocenters. The van der Waals surface area contributed by atoms with Crippen LogP contribution in [0.1, 0.15) is 12.5 Å². The molecule has 12 heteroatoms. The molecule has 2 N–H and O–H groups in total. The van der Waals surface area contributed by atoms with E-state index in [1.54, 1.807) is 18.8 Å². The van der Waals surface area contributed by atoms with Crippen molar-refractivity contribution < 1.29 is 21.8 Å². The van der Waals surface area contributed by atoms with Gasteiger partial charge < -0.3 is 40.6 Å². The standard InChI is InChI=1S/C34H37N6OPS3.Cu/c1-26(32(38-39-33(43)35-2)27-19-21-31(45-3)22-20-27)37-40-34(44)36-23-24-41-25-42(28-13-7-4-8-14-28,29-15-9-5-10-16-29)30-17-11-6-12-18-30;/h4-22H,23-25H2,1-3H3,(H3-,35,36,37,38,39,40,43,44);/q;+2/p-1. The molecule has 0 bridgehead atoms. The van der Waals surface area contributed by atoms with E-state index >= 15 is 0 Å². The van der Waals surface area contributed by atoms with E-state index in [1.807, 2.05) is 37.4 Å². The van der Waals surface area contributed by atoms with Crippen LogP contribution in [0.5, 0.6) is 0 Å². The van der Waals surface area contributed by atoms with E-state index in [-0.39, 0.29) is 27.4 Å². The van der Waals surface area contributed by atoms with Crippen molar-refractivity contribution >= 4 is 82.0 Å². The van der Waals surface area contributed by atoms with Gasteiger partial charge in [-0.3, -0.25) is 0 Å². The number of nitrogens with zero attached hydrogens (tertiary/aromatic N) is 4. The molecule has 0 fully saturated rings. The SMILES string of the molecule is CN/C([S-])=N/N=C(/C(C)=N/N=C(\[S-])NCCOC[P+](c1ccccc1)(c1ccccc1)c1ccccc1)c1ccc(SC)cc1.[Cu+2]. The van der Waals surface area contributed by atoms with Gasteiger partial charge in [-0.05, 0) is 72.0 Å². The van der Waals surface area contributed by atoms with Gasteiger partial charge in [-0.2, -0.15) is 15.3 Å². The Morgan fingerprint density at radius 1 is 0.717 bits per heavy atom. The molecule has 0 amide bonds. The molecule has 0 heterocycles. The Labute approximate surface area is 298 Å². The largest absolute Gasteiger partial charge is 2.00 e. The molecular weight excluding hydrogens is 699 g/mol. The average molecular weight is 735 g/mol. The second-order valence-corrected chi connectivity index (χ2v) is 14.8. The van der Waals surface area contributed by atoms with Crippen LogP contribution in [0.4, 0.5) is 0 Å². The van der Waals surface area contributed by atoms with Crippen molar-refractivity contribution in [2.45, 2.75) is 11.8 Å². The summed E-state index contributed by atoms with van der Waals surface area (Å²) in [6, 6.07) is 39.9. The van der Waals surface area contributed by atoms with Crippen LogP contribution in [-0.2, 0) is 47.1 Å². The van der Waals surface area contributed by atoms with Gasteiger partial charge in [-0.25, -0.2) is 0 Å². The summed E-state index contributed by atoms with van der Waals surface area (Å²) >= 11 is 12.3. The number of amidine groups is 2. The molecule has 4 aromatic carbocycles. The number of hydrogen-bond donors (Lipinski definition) is 2. The maximum Gasteiger partial charge on any atom is 2.00 e. The Bertz CT molecular complexity index is 1530. The number of ether oxygens (including phenoxy) is 1. The first-order chi connectivity index (χ1) is 22.0. The molecule has 46 heavy (non-hydrogen) atoms. The zero-order valence-corrected chi connectivity index (χ0v) is 30.0. The second-order valence-electron chi connectivity index (χ2n) is 9.70. The number of rotatable bonds is 13. The predicted molar refractivity (Wildman–Crippen MR) is 200 cm³/mol. The monoisotopic (exact) mass is 734 g/mol. The van der Waals surface area contributed by atoms with Gasteiger partial charge in [0.05, 0.1) is 12.3 Å². The molecule has 0 spiro atoms. The predicted octanol–water partition coefficient (Wildman–Crippen LogP) is 5.07. The van der Waals surface area contributed by atoms with E-state index in [0.29, 0.717) is 30.9 Å². The van der Waals surface area contributed by atoms with E-state index in [0.717, 1.165) is 10.5 Å². The van der Waals surface area contributed by atoms with E-state index < -0.39 is 7.26 Å². The van der Waals surface area contributed by atoms with Crippen LogP contribution in [0.3, 0.4) is 0 Å². The van der Waals surface area contributed by atoms with Crippen molar-refractivity contribution in [3.63, 3.8) is 0 Å². The molecule has 4 aromatic rings. The summed E-state index contributed by atoms with van der Waals surface area (Å²) in [7, 11) is -0.371. The minimum atomic E-state index is -2.07. The molecule has 0 atom stereocenters. The van der Waals surface area contributed by atoms with Gasteiger partial charge >= 0.3 is 17.1 Å². The van der Waals surface area contributed by atoms with Gasteiger partial charge in [0, 0.05) is 24.1 Å². The summed E-state index contributed by atoms with van der Waals surface area (Å²) in [6.07, 6.45) is 2.59. The molecular formula is C34H36CuN6OPS3+. The Morgan fingerprint density at radius 2 is 1.22 bits per heavy atom. The first kappa shape index (κ1) is 37.3. The van der Waals surface area contributed by atoms with Gasteiger partial charge in [-0.15, -0.1) is 16.9 Å². The molecule has 4 rings (SSSR count). The van der Waals surface area contributed by atoms with Crippen LogP contribution in [0.25, 0.3) is 0 Å². The summed E-state index contributed by atoms with van der Waals surface area (Å²) < 4.78 is 6.42. The number of thioether (sulfide) groups is 1. The molecule has 0 aliphatic rings. The molecule has 0 aromatic heterocycles. The van der Waals surface area contributed by atoms with Crippen LogP contribution in [-0.4, -0.2) is 54.6 Å². The Morgan fingerprint density at radius 3 is 1.70 bits per heavy atom. The average Bonchev–Trinajstić information content (AvgIpc) is 3.10. The van der Waals surface area contributed by atoms with Crippen molar-refractivity contribution in [2.24, 2.45) is 20.4 Å². The molecule has 0 aliphatic carbocycles. The third-order valence-electron chi connectivity index (χ3n) is 6.85. The van der Waals surface area contributed by atoms with Gasteiger partial charge in [0.2, 0.25) is 0 Å². The van der Waals surface area contributed by atoms with Crippen LogP contribution >= 0.6 is 19.0 Å². The fourth-order valence-corrected chi connectivity index (χ4v) is 8.97. The summed E-state index contributed by atoms with van der Waals surface area (Å²) in [6.45, 7) is 2.74. The van der Waals surface area contributed by atoms with Crippen molar-refractivity contribution in [3.05, 3.63) is 121 Å². The summed E-state index contributed by atoms with van der Waals surface area (Å²) in [5.74, 6) is 0. The summed E-state index contributed by atoms with van der Waals surface area (Å²) in [5.41, 5.74) is 1.96. The van der Waals surface area contributed by atoms with Gasteiger partial charge in [0.15, 0.2) is 6.35 Å². The maximum atomic E-state index is 6.42. The zero-order chi connectivity index (χ0) is 31.9. The fraction of sp³-hybridized carbons (Fsp3) is 0.176. The summed E-state index contributed by atoms with van der Waals surface area (Å²) in [5, 5.41) is 27.3. The minimum Gasteiger partial charge on any atom is -0.741 e. The first-order valence-corrected chi connectivity index (χ1v) is 18.3. The van der Waals surface area contributed by atoms with Crippen LogP contribution in [0.15, 0.2) is 141 Å². The zero-order valence-electron chi connectivity index (χ0n) is 25.8. The Balaban J connectivity index is 0.00000576. The molecule has 0 saturated carbocycles. The van der Waals surface area contributed by atoms with E-state index in [9.17, 15) is 0 Å². The summed E-state index contributed by atoms with van der Waals surface area (Å²) in [4.78, 5) is 1.14. The van der Waals surface area contributed by atoms with Gasteiger partial charge in [0.1, 0.15) is 28.9 Å². The third kappa shape index (κ3) is 10.2. The molecule has 1 radical (unpaired) electrons. The van der Waals surface area contributed by atoms with Crippen molar-refractivity contribution in [1.29, 1.82) is 0 Å². The van der Waals surface area contributed by atoms with E-state index in [1.165, 1.54) is 15.9 Å².